The topological polar surface area (TPSA) is 264 Å². The third-order valence-corrected chi connectivity index (χ3v) is 11.9. The lowest BCUT2D eigenvalue weighted by atomic mass is 9.90. The molecule has 56 heavy (non-hydrogen) atoms. The van der Waals surface area contributed by atoms with Gasteiger partial charge in [-0.25, -0.2) is 31.1 Å². The fraction of sp³-hybridized carbons (Fsp3) is 0.371. The molecule has 19 nitrogen and oxygen atoms in total. The summed E-state index contributed by atoms with van der Waals surface area (Å²) in [6.07, 6.45) is 6.87. The number of nitrogens with two attached hydrogens (primary N) is 2. The Morgan fingerprint density at radius 3 is 1.45 bits per heavy atom. The summed E-state index contributed by atoms with van der Waals surface area (Å²) in [5.41, 5.74) is 14.8. The molecule has 0 aliphatic carbocycles. The van der Waals surface area contributed by atoms with Crippen LogP contribution < -0.4 is 37.6 Å². The van der Waals surface area contributed by atoms with Crippen LogP contribution in [0.15, 0.2) is 60.9 Å². The van der Waals surface area contributed by atoms with Crippen molar-refractivity contribution in [3.8, 4) is 0 Å². The number of anilines is 7. The van der Waals surface area contributed by atoms with Gasteiger partial charge in [0, 0.05) is 82.8 Å². The second-order valence-electron chi connectivity index (χ2n) is 13.1. The molecule has 0 atom stereocenters. The minimum Gasteiger partial charge on any atom is -0.372 e. The molecular weight excluding hydrogens is 763 g/mol. The van der Waals surface area contributed by atoms with Crippen LogP contribution in [0, 0.1) is 0 Å². The minimum absolute atomic E-state index is 0.219. The first-order chi connectivity index (χ1) is 26.5. The average Bonchev–Trinajstić information content (AvgIpc) is 3.18. The Bertz CT molecular complexity index is 2070. The molecule has 0 unspecified atom stereocenters. The number of rotatable bonds is 12. The molecule has 2 aromatic heterocycles. The Balaban J connectivity index is 0.000000214. The van der Waals surface area contributed by atoms with Gasteiger partial charge in [0.05, 0.1) is 23.6 Å². The highest BCUT2D eigenvalue weighted by Crippen LogP contribution is 2.30. The van der Waals surface area contributed by atoms with Crippen molar-refractivity contribution >= 4 is 72.5 Å². The van der Waals surface area contributed by atoms with Crippen LogP contribution in [-0.2, 0) is 20.0 Å². The van der Waals surface area contributed by atoms with Crippen LogP contribution in [0.3, 0.4) is 0 Å². The van der Waals surface area contributed by atoms with Crippen molar-refractivity contribution in [2.75, 3.05) is 92.0 Å². The summed E-state index contributed by atoms with van der Waals surface area (Å²) in [5, 5.41) is 11.8. The van der Waals surface area contributed by atoms with Crippen molar-refractivity contribution < 1.29 is 26.4 Å². The molecule has 8 N–H and O–H groups in total. The van der Waals surface area contributed by atoms with Crippen molar-refractivity contribution in [3.05, 3.63) is 77.6 Å². The highest BCUT2D eigenvalue weighted by molar-refractivity contribution is 7.88. The number of sulfonamides is 2. The summed E-state index contributed by atoms with van der Waals surface area (Å²) in [7, 11) is -2.95. The number of hydrogen-bond acceptors (Lipinski definition) is 15. The Hall–Kier alpha value is -5.64. The molecule has 0 radical (unpaired) electrons. The van der Waals surface area contributed by atoms with Gasteiger partial charge in [0.2, 0.25) is 31.9 Å². The maximum atomic E-state index is 11.6. The van der Waals surface area contributed by atoms with Crippen LogP contribution in [0.5, 0.6) is 0 Å². The van der Waals surface area contributed by atoms with Gasteiger partial charge in [0.1, 0.15) is 11.6 Å². The lowest BCUT2D eigenvalue weighted by Gasteiger charge is -2.34. The van der Waals surface area contributed by atoms with Gasteiger partial charge < -0.3 is 37.6 Å². The standard InChI is InChI=1S/C18H24N6O3S.C17H23N7O3S/c1-20-17-15(16(19)25)11-21-18(23-17)22-14-5-3-12(4-6-14)13-7-9-24(10-8-13)28(2,26)27;1-19-16-14(15(18)25)11-20-17(22-16)21-12-3-5-13(6-4-12)23-7-9-24(10-8-23)28(2,26)27/h3-6,11,13H,7-10H2,1-2H3,(H2,19,25)(H2,20,21,22,23);3-6,11H,7-10H2,1-2H3,(H2,18,25)(H2,19,20,21,22). The number of nitrogens with one attached hydrogen (secondary N) is 4. The van der Waals surface area contributed by atoms with Crippen molar-refractivity contribution in [1.82, 2.24) is 28.5 Å². The van der Waals surface area contributed by atoms with Crippen molar-refractivity contribution in [2.24, 2.45) is 11.5 Å². The number of carbonyl (C=O) groups is 2. The van der Waals surface area contributed by atoms with E-state index in [0.717, 1.165) is 29.9 Å². The molecule has 0 spiro atoms. The van der Waals surface area contributed by atoms with Gasteiger partial charge in [-0.1, -0.05) is 12.1 Å². The number of benzene rings is 2. The molecule has 2 amide bonds. The molecule has 0 saturated carbocycles. The average molecular weight is 810 g/mol. The summed E-state index contributed by atoms with van der Waals surface area (Å²) in [6, 6.07) is 15.6. The van der Waals surface area contributed by atoms with Gasteiger partial charge in [-0.05, 0) is 60.7 Å². The molecular formula is C35H47N13O6S2. The van der Waals surface area contributed by atoms with E-state index >= 15 is 0 Å². The Kier molecular flexibility index (Phi) is 13.3. The molecule has 2 saturated heterocycles. The molecule has 4 heterocycles. The SMILES string of the molecule is CNc1nc(Nc2ccc(C3CCN(S(C)(=O)=O)CC3)cc2)ncc1C(N)=O.CNc1nc(Nc2ccc(N3CCN(S(C)(=O)=O)CC3)cc2)ncc1C(N)=O. The smallest absolute Gasteiger partial charge is 0.254 e. The maximum Gasteiger partial charge on any atom is 0.254 e. The number of aromatic nitrogens is 4. The summed E-state index contributed by atoms with van der Waals surface area (Å²) in [5.74, 6) is 0.546. The van der Waals surface area contributed by atoms with E-state index in [2.05, 4.69) is 46.1 Å². The molecule has 21 heteroatoms. The quantitative estimate of drug-likeness (QED) is 0.119. The molecule has 0 bridgehead atoms. The van der Waals surface area contributed by atoms with Crippen molar-refractivity contribution in [1.29, 1.82) is 0 Å². The Morgan fingerprint density at radius 1 is 0.643 bits per heavy atom. The van der Waals surface area contributed by atoms with E-state index in [9.17, 15) is 26.4 Å². The summed E-state index contributed by atoms with van der Waals surface area (Å²) in [4.78, 5) is 41.6. The molecule has 2 aliphatic heterocycles. The van der Waals surface area contributed by atoms with Crippen molar-refractivity contribution in [3.63, 3.8) is 0 Å². The van der Waals surface area contributed by atoms with Gasteiger partial charge >= 0.3 is 0 Å². The third kappa shape index (κ3) is 10.8. The highest BCUT2D eigenvalue weighted by Gasteiger charge is 2.26. The number of primary amides is 2. The zero-order chi connectivity index (χ0) is 40.6. The first kappa shape index (κ1) is 41.5. The number of piperazine rings is 1. The third-order valence-electron chi connectivity index (χ3n) is 9.34. The predicted molar refractivity (Wildman–Crippen MR) is 217 cm³/mol. The molecule has 300 valence electrons. The molecule has 2 fully saturated rings. The maximum absolute atomic E-state index is 11.6. The van der Waals surface area contributed by atoms with Crippen LogP contribution >= 0.6 is 0 Å². The number of carbonyl (C=O) groups excluding carboxylic acids is 2. The zero-order valence-electron chi connectivity index (χ0n) is 31.6. The second kappa shape index (κ2) is 17.9. The van der Waals surface area contributed by atoms with E-state index in [4.69, 9.17) is 11.5 Å². The van der Waals surface area contributed by atoms with E-state index in [1.165, 1.54) is 39.1 Å². The number of piperidine rings is 1. The van der Waals surface area contributed by atoms with E-state index in [0.29, 0.717) is 68.7 Å². The fourth-order valence-electron chi connectivity index (χ4n) is 6.28. The fourth-order valence-corrected chi connectivity index (χ4v) is 7.98. The molecule has 4 aromatic rings. The van der Waals surface area contributed by atoms with Crippen LogP contribution in [0.4, 0.5) is 40.6 Å². The lowest BCUT2D eigenvalue weighted by Crippen LogP contribution is -2.48. The van der Waals surface area contributed by atoms with Crippen LogP contribution in [0.25, 0.3) is 0 Å². The first-order valence-corrected chi connectivity index (χ1v) is 21.3. The van der Waals surface area contributed by atoms with E-state index in [1.807, 2.05) is 48.5 Å². The number of hydrogen-bond donors (Lipinski definition) is 6. The molecule has 2 aromatic carbocycles. The normalized spacial score (nSPS) is 15.6. The van der Waals surface area contributed by atoms with Gasteiger partial charge in [0.15, 0.2) is 0 Å². The predicted octanol–water partition coefficient (Wildman–Crippen LogP) is 1.94. The molecule has 2 aliphatic rings. The largest absolute Gasteiger partial charge is 0.372 e. The van der Waals surface area contributed by atoms with Gasteiger partial charge in [0.25, 0.3) is 11.8 Å². The second-order valence-corrected chi connectivity index (χ2v) is 17.1. The van der Waals surface area contributed by atoms with Crippen LogP contribution in [0.2, 0.25) is 0 Å². The lowest BCUT2D eigenvalue weighted by molar-refractivity contribution is 0.0992. The van der Waals surface area contributed by atoms with Crippen LogP contribution in [0.1, 0.15) is 45.0 Å². The Morgan fingerprint density at radius 2 is 1.05 bits per heavy atom. The summed E-state index contributed by atoms with van der Waals surface area (Å²) in [6.45, 7) is 3.34. The molecule has 6 rings (SSSR count). The minimum atomic E-state index is -3.14. The Labute approximate surface area is 326 Å². The monoisotopic (exact) mass is 809 g/mol. The van der Waals surface area contributed by atoms with Gasteiger partial charge in [-0.15, -0.1) is 0 Å². The summed E-state index contributed by atoms with van der Waals surface area (Å²) >= 11 is 0. The van der Waals surface area contributed by atoms with Gasteiger partial charge in [-0.3, -0.25) is 9.59 Å². The number of nitrogens with zero attached hydrogens (tertiary/aromatic N) is 7. The zero-order valence-corrected chi connectivity index (χ0v) is 33.2. The van der Waals surface area contributed by atoms with E-state index in [1.54, 1.807) is 14.1 Å². The van der Waals surface area contributed by atoms with Gasteiger partial charge in [-0.2, -0.15) is 14.3 Å². The first-order valence-electron chi connectivity index (χ1n) is 17.6. The highest BCUT2D eigenvalue weighted by atomic mass is 32.2. The summed E-state index contributed by atoms with van der Waals surface area (Å²) < 4.78 is 49.5. The number of amides is 2. The van der Waals surface area contributed by atoms with Crippen LogP contribution in [-0.4, -0.2) is 123 Å². The van der Waals surface area contributed by atoms with E-state index < -0.39 is 31.9 Å². The van der Waals surface area contributed by atoms with E-state index in [-0.39, 0.29) is 11.1 Å². The van der Waals surface area contributed by atoms with Crippen molar-refractivity contribution in [2.45, 2.75) is 18.8 Å².